The summed E-state index contributed by atoms with van der Waals surface area (Å²) in [6.45, 7) is 4.36. The Bertz CT molecular complexity index is 742. The molecule has 3 aliphatic heterocycles. The average molecular weight is 518 g/mol. The van der Waals surface area contributed by atoms with E-state index in [4.69, 9.17) is 9.47 Å². The van der Waals surface area contributed by atoms with Gasteiger partial charge >= 0.3 is 11.9 Å². The normalized spacial score (nSPS) is 28.3. The van der Waals surface area contributed by atoms with Gasteiger partial charge in [-0.1, -0.05) is 25.6 Å². The minimum absolute atomic E-state index is 0. The molecule has 0 unspecified atom stereocenters. The number of amides is 1. The predicted octanol–water partition coefficient (Wildman–Crippen LogP) is 1.25. The number of fused-ring (bicyclic) bond motifs is 1. The summed E-state index contributed by atoms with van der Waals surface area (Å²) in [6.07, 6.45) is -0.0532. The molecule has 3 heterocycles. The van der Waals surface area contributed by atoms with Gasteiger partial charge in [0.15, 0.2) is 5.70 Å². The molecule has 0 saturated carbocycles. The predicted molar refractivity (Wildman–Crippen MR) is 127 cm³/mol. The van der Waals surface area contributed by atoms with Crippen LogP contribution < -0.4 is 0 Å². The van der Waals surface area contributed by atoms with Gasteiger partial charge < -0.3 is 14.6 Å². The van der Waals surface area contributed by atoms with Crippen LogP contribution in [0.4, 0.5) is 0 Å². The number of hydrogen-bond acceptors (Lipinski definition) is 9. The van der Waals surface area contributed by atoms with Crippen molar-refractivity contribution < 1.29 is 33.2 Å². The summed E-state index contributed by atoms with van der Waals surface area (Å²) in [5.41, 5.74) is 0.125. The van der Waals surface area contributed by atoms with Gasteiger partial charge in [-0.05, 0) is 13.3 Å². The number of aliphatic hydroxyl groups excluding tert-OH is 1. The molecule has 5 atom stereocenters. The molecule has 1 N–H and O–H groups in total. The Morgan fingerprint density at radius 1 is 1.30 bits per heavy atom. The highest BCUT2D eigenvalue weighted by molar-refractivity contribution is 8.23. The van der Waals surface area contributed by atoms with E-state index < -0.39 is 41.6 Å². The zero-order chi connectivity index (χ0) is 20.6. The van der Waals surface area contributed by atoms with Crippen LogP contribution in [0.5, 0.6) is 0 Å². The number of carbonyl (C=O) groups is 3. The van der Waals surface area contributed by atoms with E-state index in [1.807, 2.05) is 0 Å². The van der Waals surface area contributed by atoms with Crippen molar-refractivity contribution in [3.05, 3.63) is 9.93 Å². The van der Waals surface area contributed by atoms with Crippen LogP contribution in [0.15, 0.2) is 9.93 Å². The maximum atomic E-state index is 12.6. The second kappa shape index (κ2) is 11.5. The van der Waals surface area contributed by atoms with Gasteiger partial charge in [-0.25, -0.2) is 4.79 Å². The second-order valence-corrected chi connectivity index (χ2v) is 11.4. The first-order chi connectivity index (χ1) is 13.2. The molecule has 3 aliphatic rings. The molecule has 2 saturated heterocycles. The molecule has 0 aliphatic carbocycles. The molecule has 0 spiro atoms. The number of esters is 2. The highest BCUT2D eigenvalue weighted by Crippen LogP contribution is 2.55. The Morgan fingerprint density at radius 3 is 2.50 bits per heavy atom. The van der Waals surface area contributed by atoms with E-state index in [1.165, 1.54) is 28.4 Å². The van der Waals surface area contributed by atoms with Crippen molar-refractivity contribution in [3.63, 3.8) is 0 Å². The molecule has 0 aromatic carbocycles. The third-order valence-corrected chi connectivity index (χ3v) is 9.18. The molecule has 30 heavy (non-hydrogen) atoms. The Balaban J connectivity index is 0.00000225. The molecule has 8 nitrogen and oxygen atoms in total. The number of hydrogen-bond donors (Lipinski definition) is 1. The smallest absolute Gasteiger partial charge is 0.359 e. The van der Waals surface area contributed by atoms with Crippen LogP contribution in [0.2, 0.25) is 0 Å². The topological polar surface area (TPSA) is 110 Å². The lowest BCUT2D eigenvalue weighted by Crippen LogP contribution is -2.60. The lowest BCUT2D eigenvalue weighted by molar-refractivity contribution is -0.171. The molecule has 2 fully saturated rings. The number of ether oxygens (including phenoxy) is 2. The molecule has 1 amide bonds. The van der Waals surface area contributed by atoms with Gasteiger partial charge in [0.1, 0.15) is 5.37 Å². The highest BCUT2D eigenvalue weighted by Gasteiger charge is 2.58. The Hall–Kier alpha value is -0.340. The highest BCUT2D eigenvalue weighted by atomic mass is 32.2. The van der Waals surface area contributed by atoms with Crippen LogP contribution in [0.3, 0.4) is 0 Å². The molecule has 13 heteroatoms. The van der Waals surface area contributed by atoms with E-state index in [1.54, 1.807) is 20.8 Å². The number of thioether (sulfide) groups is 2. The van der Waals surface area contributed by atoms with Crippen molar-refractivity contribution in [2.75, 3.05) is 18.3 Å². The van der Waals surface area contributed by atoms with E-state index >= 15 is 0 Å². The van der Waals surface area contributed by atoms with Gasteiger partial charge in [0.05, 0.1) is 22.2 Å². The molecule has 0 aromatic heterocycles. The van der Waals surface area contributed by atoms with Gasteiger partial charge in [-0.15, -0.1) is 11.8 Å². The van der Waals surface area contributed by atoms with Crippen LogP contribution in [0.1, 0.15) is 27.2 Å². The first-order valence-corrected chi connectivity index (χ1v) is 12.2. The number of carbonyl (C=O) groups excluding carboxylic acids is 3. The molecule has 172 valence electrons. The zero-order valence-electron chi connectivity index (χ0n) is 16.8. The fraction of sp³-hybridized carbons (Fsp3) is 0.706. The lowest BCUT2D eigenvalue weighted by Gasteiger charge is -2.43. The largest absolute Gasteiger partial charge is 0.428 e. The summed E-state index contributed by atoms with van der Waals surface area (Å²) in [7, 11) is -0.860. The lowest BCUT2D eigenvalue weighted by atomic mass is 9.92. The fourth-order valence-corrected chi connectivity index (χ4v) is 8.33. The van der Waals surface area contributed by atoms with Crippen LogP contribution in [-0.4, -0.2) is 67.1 Å². The summed E-state index contributed by atoms with van der Waals surface area (Å²) in [5, 5.41) is 9.62. The van der Waals surface area contributed by atoms with Crippen LogP contribution in [0, 0.1) is 11.8 Å². The van der Waals surface area contributed by atoms with Crippen LogP contribution in [0.25, 0.3) is 0 Å². The fourth-order valence-electron chi connectivity index (χ4n) is 3.08. The minimum atomic E-state index is -0.860. The van der Waals surface area contributed by atoms with Gasteiger partial charge in [0, 0.05) is 27.6 Å². The van der Waals surface area contributed by atoms with Gasteiger partial charge in [-0.3, -0.25) is 18.7 Å². The quantitative estimate of drug-likeness (QED) is 0.303. The van der Waals surface area contributed by atoms with Crippen molar-refractivity contribution in [1.29, 1.82) is 0 Å². The molecular weight excluding hydrogens is 491 g/mol. The molecule has 0 bridgehead atoms. The number of β-lactam (4-membered cyclic amide) rings is 1. The number of nitrogens with zero attached hydrogens (tertiary/aromatic N) is 1. The second-order valence-electron chi connectivity index (χ2n) is 7.13. The van der Waals surface area contributed by atoms with Crippen LogP contribution in [-0.2, 0) is 34.7 Å². The third-order valence-electron chi connectivity index (χ3n) is 4.63. The number of aliphatic hydroxyl groups is 1. The van der Waals surface area contributed by atoms with Crippen LogP contribution >= 0.6 is 50.5 Å². The summed E-state index contributed by atoms with van der Waals surface area (Å²) >= 11 is 2.78. The Kier molecular flexibility index (Phi) is 10.6. The average Bonchev–Trinajstić information content (AvgIpc) is 3.15. The first kappa shape index (κ1) is 27.7. The summed E-state index contributed by atoms with van der Waals surface area (Å²) in [6, 6.07) is 0. The molecule has 0 aromatic rings. The number of rotatable bonds is 7. The minimum Gasteiger partial charge on any atom is -0.428 e. The van der Waals surface area contributed by atoms with Crippen molar-refractivity contribution in [3.8, 4) is 0 Å². The van der Waals surface area contributed by atoms with Gasteiger partial charge in [0.2, 0.25) is 12.7 Å². The summed E-state index contributed by atoms with van der Waals surface area (Å²) < 4.78 is 22.3. The van der Waals surface area contributed by atoms with Crippen molar-refractivity contribution in [2.24, 2.45) is 11.8 Å². The Morgan fingerprint density at radius 2 is 1.97 bits per heavy atom. The monoisotopic (exact) mass is 517 g/mol. The van der Waals surface area contributed by atoms with Crippen molar-refractivity contribution in [2.45, 2.75) is 43.9 Å². The van der Waals surface area contributed by atoms with Crippen molar-refractivity contribution in [1.82, 2.24) is 4.90 Å². The summed E-state index contributed by atoms with van der Waals surface area (Å²) in [5.74, 6) is -1.32. The molecular formula is C17H27NO7S5. The van der Waals surface area contributed by atoms with Gasteiger partial charge in [0.25, 0.3) is 0 Å². The molecule has 0 radical (unpaired) electrons. The van der Waals surface area contributed by atoms with Gasteiger partial charge in [-0.2, -0.15) is 27.0 Å². The van der Waals surface area contributed by atoms with Crippen molar-refractivity contribution >= 4 is 79.2 Å². The van der Waals surface area contributed by atoms with E-state index in [2.05, 4.69) is 0 Å². The SMILES string of the molecule is CC(C)C(=O)OCOC(=O)C1=C(S[C@H]2CC[S@@](=O)C2)S[C@@H]2[C@@H]([C@@H](C)O)C(=O)N12.S.S. The zero-order valence-corrected chi connectivity index (χ0v) is 21.2. The Labute approximate surface area is 200 Å². The van der Waals surface area contributed by atoms with E-state index in [9.17, 15) is 23.7 Å². The standard InChI is InChI=1S/C17H23NO7S3.2H2S/c1-8(2)15(21)24-7-25-16(22)12-17(26-10-4-5-28(23)6-10)27-14-11(9(3)19)13(20)18(12)14;;/h8-11,14,19H,4-7H2,1-3H3;2*1H2/t9-,10+,11+,14-,28-;;/m1../s1. The maximum absolute atomic E-state index is 12.6. The third kappa shape index (κ3) is 5.71. The van der Waals surface area contributed by atoms with E-state index in [0.29, 0.717) is 15.7 Å². The maximum Gasteiger partial charge on any atom is 0.359 e. The molecule has 3 rings (SSSR count). The summed E-state index contributed by atoms with van der Waals surface area (Å²) in [4.78, 5) is 38.0. The van der Waals surface area contributed by atoms with E-state index in [-0.39, 0.29) is 55.1 Å². The first-order valence-electron chi connectivity index (χ1n) is 8.98. The van der Waals surface area contributed by atoms with E-state index in [0.717, 1.165) is 6.42 Å².